The van der Waals surface area contributed by atoms with Gasteiger partial charge in [0.15, 0.2) is 0 Å². The highest BCUT2D eigenvalue weighted by atomic mass is 127. The van der Waals surface area contributed by atoms with E-state index < -0.39 is 24.5 Å². The molecule has 2 amide bonds. The highest BCUT2D eigenvalue weighted by Gasteiger charge is 2.29. The Morgan fingerprint density at radius 1 is 1.03 bits per heavy atom. The molecule has 8 heteroatoms. The Labute approximate surface area is 216 Å². The van der Waals surface area contributed by atoms with Crippen LogP contribution >= 0.6 is 22.6 Å². The van der Waals surface area contributed by atoms with Gasteiger partial charge >= 0.3 is 12.1 Å². The number of carboxylic acids is 1. The maximum atomic E-state index is 12.7. The Morgan fingerprint density at radius 3 is 2.23 bits per heavy atom. The zero-order valence-electron chi connectivity index (χ0n) is 18.5. The van der Waals surface area contributed by atoms with Crippen LogP contribution in [0.25, 0.3) is 11.1 Å². The van der Waals surface area contributed by atoms with Crippen LogP contribution in [0.3, 0.4) is 0 Å². The van der Waals surface area contributed by atoms with Crippen molar-refractivity contribution >= 4 is 46.2 Å². The molecule has 4 rings (SSSR count). The first-order valence-corrected chi connectivity index (χ1v) is 11.8. The SMILES string of the molecule is C#CCN(CC(=O)O)C(=O)c1ccc(NC(=O)OCC2c3ccccc3-c3ccccc32)c(I)c1. The molecule has 0 saturated carbocycles. The smallest absolute Gasteiger partial charge is 0.411 e. The summed E-state index contributed by atoms with van der Waals surface area (Å²) in [5.41, 5.74) is 5.28. The molecule has 0 atom stereocenters. The molecule has 35 heavy (non-hydrogen) atoms. The summed E-state index contributed by atoms with van der Waals surface area (Å²) < 4.78 is 6.17. The van der Waals surface area contributed by atoms with E-state index in [0.717, 1.165) is 27.2 Å². The highest BCUT2D eigenvalue weighted by molar-refractivity contribution is 14.1. The number of amides is 2. The molecular weight excluding hydrogens is 559 g/mol. The maximum Gasteiger partial charge on any atom is 0.411 e. The van der Waals surface area contributed by atoms with Crippen molar-refractivity contribution in [2.24, 2.45) is 0 Å². The molecule has 0 fully saturated rings. The van der Waals surface area contributed by atoms with Crippen LogP contribution in [-0.4, -0.2) is 47.7 Å². The number of carbonyl (C=O) groups is 3. The molecule has 0 spiro atoms. The monoisotopic (exact) mass is 580 g/mol. The number of carboxylic acid groups (broad SMARTS) is 1. The van der Waals surface area contributed by atoms with Crippen molar-refractivity contribution in [3.05, 3.63) is 87.0 Å². The first-order chi connectivity index (χ1) is 16.9. The lowest BCUT2D eigenvalue weighted by molar-refractivity contribution is -0.137. The van der Waals surface area contributed by atoms with Crippen molar-refractivity contribution in [1.82, 2.24) is 4.90 Å². The number of terminal acetylenes is 1. The predicted octanol–water partition coefficient (Wildman–Crippen LogP) is 4.81. The van der Waals surface area contributed by atoms with E-state index in [-0.39, 0.29) is 24.6 Å². The Balaban J connectivity index is 1.42. The topological polar surface area (TPSA) is 95.9 Å². The van der Waals surface area contributed by atoms with E-state index in [9.17, 15) is 14.4 Å². The minimum absolute atomic E-state index is 0.0522. The fraction of sp³-hybridized carbons (Fsp3) is 0.148. The summed E-state index contributed by atoms with van der Waals surface area (Å²) in [5.74, 6) is 0.580. The zero-order valence-corrected chi connectivity index (χ0v) is 20.7. The van der Waals surface area contributed by atoms with E-state index in [0.29, 0.717) is 9.26 Å². The number of halogens is 1. The van der Waals surface area contributed by atoms with Gasteiger partial charge in [0.1, 0.15) is 13.2 Å². The Bertz CT molecular complexity index is 1300. The number of hydrogen-bond donors (Lipinski definition) is 2. The summed E-state index contributed by atoms with van der Waals surface area (Å²) in [4.78, 5) is 37.3. The lowest BCUT2D eigenvalue weighted by atomic mass is 9.98. The van der Waals surface area contributed by atoms with Gasteiger partial charge in [0, 0.05) is 15.1 Å². The van der Waals surface area contributed by atoms with Crippen LogP contribution in [0.15, 0.2) is 66.7 Å². The van der Waals surface area contributed by atoms with Gasteiger partial charge in [-0.1, -0.05) is 54.5 Å². The molecule has 1 aliphatic rings. The summed E-state index contributed by atoms with van der Waals surface area (Å²) >= 11 is 1.99. The predicted molar refractivity (Wildman–Crippen MR) is 140 cm³/mol. The van der Waals surface area contributed by atoms with Crippen LogP contribution in [0, 0.1) is 15.9 Å². The summed E-state index contributed by atoms with van der Waals surface area (Å²) in [6, 6.07) is 20.8. The number of carbonyl (C=O) groups excluding carboxylic acids is 2. The summed E-state index contributed by atoms with van der Waals surface area (Å²) in [7, 11) is 0. The lowest BCUT2D eigenvalue weighted by Crippen LogP contribution is -2.36. The van der Waals surface area contributed by atoms with Crippen molar-refractivity contribution in [1.29, 1.82) is 0 Å². The Hall–Kier alpha value is -3.84. The van der Waals surface area contributed by atoms with Gasteiger partial charge in [-0.3, -0.25) is 14.9 Å². The Kier molecular flexibility index (Phi) is 7.36. The maximum absolute atomic E-state index is 12.7. The van der Waals surface area contributed by atoms with Gasteiger partial charge < -0.3 is 14.7 Å². The third-order valence-electron chi connectivity index (χ3n) is 5.69. The third-order valence-corrected chi connectivity index (χ3v) is 6.58. The number of rotatable bonds is 7. The molecule has 0 heterocycles. The third kappa shape index (κ3) is 5.30. The average Bonchev–Trinajstić information content (AvgIpc) is 3.17. The van der Waals surface area contributed by atoms with E-state index in [1.807, 2.05) is 59.0 Å². The molecule has 0 radical (unpaired) electrons. The average molecular weight is 580 g/mol. The molecular formula is C27H21IN2O5. The molecule has 0 aromatic heterocycles. The van der Waals surface area contributed by atoms with Gasteiger partial charge in [0.25, 0.3) is 5.91 Å². The van der Waals surface area contributed by atoms with Crippen molar-refractivity contribution < 1.29 is 24.2 Å². The molecule has 0 aliphatic heterocycles. The summed E-state index contributed by atoms with van der Waals surface area (Å²) in [6.07, 6.45) is 4.65. The van der Waals surface area contributed by atoms with Crippen molar-refractivity contribution in [2.45, 2.75) is 5.92 Å². The van der Waals surface area contributed by atoms with Crippen LogP contribution in [-0.2, 0) is 9.53 Å². The van der Waals surface area contributed by atoms with E-state index >= 15 is 0 Å². The molecule has 0 unspecified atom stereocenters. The normalized spacial score (nSPS) is 11.7. The fourth-order valence-electron chi connectivity index (χ4n) is 4.15. The van der Waals surface area contributed by atoms with E-state index in [1.54, 1.807) is 12.1 Å². The molecule has 0 saturated heterocycles. The quantitative estimate of drug-likeness (QED) is 0.309. The van der Waals surface area contributed by atoms with E-state index in [1.165, 1.54) is 6.07 Å². The second kappa shape index (κ2) is 10.6. The van der Waals surface area contributed by atoms with Crippen molar-refractivity contribution in [2.75, 3.05) is 25.0 Å². The largest absolute Gasteiger partial charge is 0.480 e. The number of nitrogens with one attached hydrogen (secondary N) is 1. The minimum Gasteiger partial charge on any atom is -0.480 e. The number of nitrogens with zero attached hydrogens (tertiary/aromatic N) is 1. The van der Waals surface area contributed by atoms with Crippen LogP contribution in [0.5, 0.6) is 0 Å². The number of anilines is 1. The second-order valence-electron chi connectivity index (χ2n) is 7.90. The van der Waals surface area contributed by atoms with E-state index in [4.69, 9.17) is 16.3 Å². The summed E-state index contributed by atoms with van der Waals surface area (Å²) in [6.45, 7) is -0.440. The number of benzene rings is 3. The van der Waals surface area contributed by atoms with Gasteiger partial charge in [-0.05, 0) is 63.0 Å². The molecule has 3 aromatic rings. The number of ether oxygens (including phenoxy) is 1. The molecule has 2 N–H and O–H groups in total. The van der Waals surface area contributed by atoms with Crippen LogP contribution in [0.2, 0.25) is 0 Å². The van der Waals surface area contributed by atoms with Crippen LogP contribution in [0.4, 0.5) is 10.5 Å². The number of hydrogen-bond acceptors (Lipinski definition) is 4. The molecule has 7 nitrogen and oxygen atoms in total. The highest BCUT2D eigenvalue weighted by Crippen LogP contribution is 2.44. The van der Waals surface area contributed by atoms with Crippen LogP contribution in [0.1, 0.15) is 27.4 Å². The second-order valence-corrected chi connectivity index (χ2v) is 9.07. The van der Waals surface area contributed by atoms with E-state index in [2.05, 4.69) is 23.4 Å². The van der Waals surface area contributed by atoms with Crippen molar-refractivity contribution in [3.8, 4) is 23.5 Å². The molecule has 176 valence electrons. The first kappa shape index (κ1) is 24.3. The number of aliphatic carboxylic acids is 1. The van der Waals surface area contributed by atoms with Gasteiger partial charge in [-0.2, -0.15) is 0 Å². The van der Waals surface area contributed by atoms with Gasteiger partial charge in [-0.15, -0.1) is 6.42 Å². The zero-order chi connectivity index (χ0) is 24.9. The van der Waals surface area contributed by atoms with Crippen LogP contribution < -0.4 is 5.32 Å². The molecule has 0 bridgehead atoms. The van der Waals surface area contributed by atoms with Gasteiger partial charge in [0.05, 0.1) is 12.2 Å². The first-order valence-electron chi connectivity index (χ1n) is 10.7. The molecule has 3 aromatic carbocycles. The lowest BCUT2D eigenvalue weighted by Gasteiger charge is -2.18. The van der Waals surface area contributed by atoms with Gasteiger partial charge in [0.2, 0.25) is 0 Å². The Morgan fingerprint density at radius 2 is 1.66 bits per heavy atom. The summed E-state index contributed by atoms with van der Waals surface area (Å²) in [5, 5.41) is 11.7. The van der Waals surface area contributed by atoms with Crippen molar-refractivity contribution in [3.63, 3.8) is 0 Å². The fourth-order valence-corrected chi connectivity index (χ4v) is 4.80. The minimum atomic E-state index is -1.16. The number of fused-ring (bicyclic) bond motifs is 3. The molecule has 1 aliphatic carbocycles. The standard InChI is InChI=1S/C27H21IN2O5/c1-2-13-30(15-25(31)32)26(33)17-11-12-24(23(28)14-17)29-27(34)35-16-22-20-9-5-3-7-18(20)19-8-4-6-10-21(19)22/h1,3-12,14,22H,13,15-16H2,(H,29,34)(H,31,32). The van der Waals surface area contributed by atoms with Gasteiger partial charge in [-0.25, -0.2) is 4.79 Å².